The van der Waals surface area contributed by atoms with E-state index in [9.17, 15) is 18.0 Å². The zero-order chi connectivity index (χ0) is 27.5. The largest absolute Gasteiger partial charge is 0.497 e. The van der Waals surface area contributed by atoms with Gasteiger partial charge in [0.25, 0.3) is 11.5 Å². The molecule has 1 aliphatic heterocycles. The molecule has 2 atom stereocenters. The molecule has 1 amide bonds. The summed E-state index contributed by atoms with van der Waals surface area (Å²) in [5, 5.41) is 0.0329. The monoisotopic (exact) mass is 547 g/mol. The van der Waals surface area contributed by atoms with Crippen molar-refractivity contribution in [1.82, 2.24) is 15.0 Å². The zero-order valence-corrected chi connectivity index (χ0v) is 22.2. The number of methoxy groups -OCH3 is 1. The first-order valence-electron chi connectivity index (χ1n) is 12.1. The number of ether oxygens (including phenoxy) is 2. The summed E-state index contributed by atoms with van der Waals surface area (Å²) >= 11 is 0. The smallest absolute Gasteiger partial charge is 0.264 e. The second kappa shape index (κ2) is 11.2. The van der Waals surface area contributed by atoms with Gasteiger partial charge in [-0.05, 0) is 56.0 Å². The number of hydroxylamine groups is 1. The quantitative estimate of drug-likeness (QED) is 0.406. The normalized spacial score (nSPS) is 17.6. The molecule has 10 nitrogen and oxygen atoms in total. The van der Waals surface area contributed by atoms with Gasteiger partial charge >= 0.3 is 0 Å². The molecule has 2 aromatic carbocycles. The van der Waals surface area contributed by atoms with Gasteiger partial charge in [-0.15, -0.1) is 0 Å². The number of nitrogens with one attached hydrogen (secondary N) is 1. The Kier molecular flexibility index (Phi) is 8.14. The lowest BCUT2D eigenvalue weighted by Gasteiger charge is -2.28. The van der Waals surface area contributed by atoms with Crippen LogP contribution in [0.15, 0.2) is 47.5 Å². The first kappa shape index (κ1) is 27.7. The van der Waals surface area contributed by atoms with Crippen LogP contribution in [0.5, 0.6) is 5.75 Å². The Morgan fingerprint density at radius 3 is 2.63 bits per heavy atom. The van der Waals surface area contributed by atoms with Crippen molar-refractivity contribution < 1.29 is 31.9 Å². The van der Waals surface area contributed by atoms with Crippen molar-refractivity contribution in [3.63, 3.8) is 0 Å². The maximum absolute atomic E-state index is 15.0. The number of rotatable bonds is 9. The molecule has 0 spiro atoms. The third-order valence-corrected chi connectivity index (χ3v) is 8.89. The maximum atomic E-state index is 15.0. The van der Waals surface area contributed by atoms with Gasteiger partial charge in [0.05, 0.1) is 24.3 Å². The van der Waals surface area contributed by atoms with Crippen molar-refractivity contribution in [2.24, 2.45) is 0 Å². The summed E-state index contributed by atoms with van der Waals surface area (Å²) < 4.78 is 50.0. The van der Waals surface area contributed by atoms with Crippen molar-refractivity contribution in [2.45, 2.75) is 50.2 Å². The molecule has 1 aliphatic rings. The second-order valence-corrected chi connectivity index (χ2v) is 11.9. The van der Waals surface area contributed by atoms with Gasteiger partial charge in [0.2, 0.25) is 0 Å². The van der Waals surface area contributed by atoms with Crippen LogP contribution < -0.4 is 15.8 Å². The Labute approximate surface area is 219 Å². The summed E-state index contributed by atoms with van der Waals surface area (Å²) in [7, 11) is -2.39. The highest BCUT2D eigenvalue weighted by Crippen LogP contribution is 2.28. The Bertz CT molecular complexity index is 1490. The van der Waals surface area contributed by atoms with E-state index in [0.717, 1.165) is 29.7 Å². The highest BCUT2D eigenvalue weighted by atomic mass is 32.2. The summed E-state index contributed by atoms with van der Waals surface area (Å²) in [5.74, 6) is -0.854. The molecule has 1 unspecified atom stereocenters. The summed E-state index contributed by atoms with van der Waals surface area (Å²) in [6.07, 6.45) is 3.63. The van der Waals surface area contributed by atoms with E-state index in [1.165, 1.54) is 26.4 Å². The van der Waals surface area contributed by atoms with Crippen molar-refractivity contribution >= 4 is 26.6 Å². The van der Waals surface area contributed by atoms with Crippen LogP contribution in [0.25, 0.3) is 22.0 Å². The second-order valence-electron chi connectivity index (χ2n) is 9.42. The van der Waals surface area contributed by atoms with E-state index >= 15 is 4.39 Å². The molecule has 1 N–H and O–H groups in total. The van der Waals surface area contributed by atoms with Gasteiger partial charge in [0, 0.05) is 31.4 Å². The zero-order valence-electron chi connectivity index (χ0n) is 21.4. The van der Waals surface area contributed by atoms with E-state index in [2.05, 4.69) is 10.5 Å². The van der Waals surface area contributed by atoms with Crippen molar-refractivity contribution in [2.75, 3.05) is 20.0 Å². The molecule has 2 heterocycles. The topological polar surface area (TPSA) is 126 Å². The van der Waals surface area contributed by atoms with Gasteiger partial charge in [-0.3, -0.25) is 14.2 Å². The molecule has 38 heavy (non-hydrogen) atoms. The minimum atomic E-state index is -3.93. The molecular formula is C26H30FN3O7S. The minimum absolute atomic E-state index is 0.0329. The van der Waals surface area contributed by atoms with E-state index in [-0.39, 0.29) is 29.4 Å². The van der Waals surface area contributed by atoms with Gasteiger partial charge in [-0.1, -0.05) is 12.1 Å². The van der Waals surface area contributed by atoms with Gasteiger partial charge in [-0.2, -0.15) is 0 Å². The first-order chi connectivity index (χ1) is 18.0. The lowest BCUT2D eigenvalue weighted by Crippen LogP contribution is -2.51. The van der Waals surface area contributed by atoms with E-state index < -0.39 is 38.2 Å². The molecule has 3 aromatic rings. The number of halogens is 1. The number of fused-ring (bicyclic) bond motifs is 1. The first-order valence-corrected chi connectivity index (χ1v) is 14.0. The summed E-state index contributed by atoms with van der Waals surface area (Å²) in [6.45, 7) is 1.60. The van der Waals surface area contributed by atoms with E-state index in [0.29, 0.717) is 24.3 Å². The molecule has 0 bridgehead atoms. The fraction of sp³-hybridized carbons (Fsp3) is 0.423. The van der Waals surface area contributed by atoms with Gasteiger partial charge in [0.15, 0.2) is 20.9 Å². The Morgan fingerprint density at radius 2 is 2.00 bits per heavy atom. The van der Waals surface area contributed by atoms with Crippen LogP contribution in [0.4, 0.5) is 4.39 Å². The fourth-order valence-electron chi connectivity index (χ4n) is 4.16. The standard InChI is InChI=1S/C26H30FN3O7S/c1-26(38(3,33)34,25(32)29-37-23-6-4-5-13-36-23)11-12-30-16-28-22-15-19(21(27)14-20(22)24(30)31)17-7-9-18(35-2)10-8-17/h7-10,14-16,23H,4-6,11-13H2,1-3H3,(H,29,32)/t23?,26-/m1/s1. The van der Waals surface area contributed by atoms with Crippen LogP contribution in [0.3, 0.4) is 0 Å². The summed E-state index contributed by atoms with van der Waals surface area (Å²) in [6, 6.07) is 9.40. The molecule has 1 aromatic heterocycles. The lowest BCUT2D eigenvalue weighted by molar-refractivity contribution is -0.201. The van der Waals surface area contributed by atoms with Crippen molar-refractivity contribution in [1.29, 1.82) is 0 Å². The molecule has 0 radical (unpaired) electrons. The molecule has 4 rings (SSSR count). The SMILES string of the molecule is COc1ccc(-c2cc3ncn(CC[C@](C)(C(=O)NOC4CCCCO4)S(C)(=O)=O)c(=O)c3cc2F)cc1. The highest BCUT2D eigenvalue weighted by Gasteiger charge is 2.44. The molecule has 1 saturated heterocycles. The van der Waals surface area contributed by atoms with Crippen LogP contribution in [0.1, 0.15) is 32.6 Å². The number of hydrogen-bond acceptors (Lipinski definition) is 8. The third kappa shape index (κ3) is 5.71. The number of sulfone groups is 1. The maximum Gasteiger partial charge on any atom is 0.264 e. The van der Waals surface area contributed by atoms with Gasteiger partial charge < -0.3 is 9.47 Å². The van der Waals surface area contributed by atoms with Crippen molar-refractivity contribution in [3.8, 4) is 16.9 Å². The number of hydrogen-bond donors (Lipinski definition) is 1. The van der Waals surface area contributed by atoms with Crippen molar-refractivity contribution in [3.05, 3.63) is 58.9 Å². The number of amides is 1. The summed E-state index contributed by atoms with van der Waals surface area (Å²) in [4.78, 5) is 35.6. The average molecular weight is 548 g/mol. The molecule has 1 fully saturated rings. The van der Waals surface area contributed by atoms with Crippen LogP contribution >= 0.6 is 0 Å². The van der Waals surface area contributed by atoms with E-state index in [4.69, 9.17) is 14.3 Å². The van der Waals surface area contributed by atoms with Crippen LogP contribution in [0, 0.1) is 5.82 Å². The Morgan fingerprint density at radius 1 is 1.26 bits per heavy atom. The number of aromatic nitrogens is 2. The van der Waals surface area contributed by atoms with Gasteiger partial charge in [0.1, 0.15) is 11.6 Å². The summed E-state index contributed by atoms with van der Waals surface area (Å²) in [5.41, 5.74) is 2.80. The third-order valence-electron chi connectivity index (χ3n) is 6.86. The predicted octanol–water partition coefficient (Wildman–Crippen LogP) is 2.98. The predicted molar refractivity (Wildman–Crippen MR) is 139 cm³/mol. The molecule has 0 aliphatic carbocycles. The molecular weight excluding hydrogens is 517 g/mol. The molecule has 204 valence electrons. The van der Waals surface area contributed by atoms with Crippen LogP contribution in [0.2, 0.25) is 0 Å². The number of carbonyl (C=O) groups excluding carboxylic acids is 1. The van der Waals surface area contributed by atoms with E-state index in [1.54, 1.807) is 24.3 Å². The number of nitrogens with zero attached hydrogens (tertiary/aromatic N) is 2. The highest BCUT2D eigenvalue weighted by molar-refractivity contribution is 7.92. The van der Waals surface area contributed by atoms with E-state index in [1.807, 2.05) is 0 Å². The number of aryl methyl sites for hydroxylation is 1. The lowest BCUT2D eigenvalue weighted by atomic mass is 10.0. The van der Waals surface area contributed by atoms with Crippen LogP contribution in [-0.4, -0.2) is 54.9 Å². The fourth-order valence-corrected chi connectivity index (χ4v) is 5.00. The Balaban J connectivity index is 1.56. The molecule has 12 heteroatoms. The number of benzene rings is 2. The average Bonchev–Trinajstić information content (AvgIpc) is 2.91. The molecule has 0 saturated carbocycles. The minimum Gasteiger partial charge on any atom is -0.497 e. The number of carbonyl (C=O) groups is 1. The Hall–Kier alpha value is -3.35. The van der Waals surface area contributed by atoms with Crippen LogP contribution in [-0.2, 0) is 30.8 Å². The van der Waals surface area contributed by atoms with Gasteiger partial charge in [-0.25, -0.2) is 28.1 Å².